The van der Waals surface area contributed by atoms with Gasteiger partial charge < -0.3 is 5.32 Å². The molecule has 1 unspecified atom stereocenters. The molecule has 3 heteroatoms. The minimum Gasteiger partial charge on any atom is -0.310 e. The molecule has 2 rings (SSSR count). The molecule has 1 atom stereocenters. The molecule has 1 nitrogen and oxygen atoms in total. The van der Waals surface area contributed by atoms with Crippen LogP contribution in [0.4, 0.5) is 0 Å². The lowest BCUT2D eigenvalue weighted by Gasteiger charge is -2.15. The zero-order valence-corrected chi connectivity index (χ0v) is 12.3. The molecule has 0 aliphatic heterocycles. The first-order valence-corrected chi connectivity index (χ1v) is 7.55. The van der Waals surface area contributed by atoms with Gasteiger partial charge in [0.2, 0.25) is 0 Å². The average Bonchev–Trinajstić information content (AvgIpc) is 2.89. The van der Waals surface area contributed by atoms with Crippen molar-refractivity contribution in [2.45, 2.75) is 26.3 Å². The van der Waals surface area contributed by atoms with Gasteiger partial charge in [-0.25, -0.2) is 0 Å². The van der Waals surface area contributed by atoms with Crippen molar-refractivity contribution in [3.8, 4) is 10.4 Å². The van der Waals surface area contributed by atoms with Crippen LogP contribution in [-0.2, 0) is 0 Å². The van der Waals surface area contributed by atoms with Gasteiger partial charge in [0.15, 0.2) is 0 Å². The fourth-order valence-electron chi connectivity index (χ4n) is 1.95. The molecule has 2 aromatic rings. The molecule has 0 spiro atoms. The summed E-state index contributed by atoms with van der Waals surface area (Å²) < 4.78 is 0. The summed E-state index contributed by atoms with van der Waals surface area (Å²) in [5, 5.41) is 6.39. The molecule has 0 radical (unpaired) electrons. The Labute approximate surface area is 118 Å². The van der Waals surface area contributed by atoms with Gasteiger partial charge in [0.25, 0.3) is 0 Å². The monoisotopic (exact) mass is 279 g/mol. The lowest BCUT2D eigenvalue weighted by Crippen LogP contribution is -2.19. The predicted molar refractivity (Wildman–Crippen MR) is 81.5 cm³/mol. The van der Waals surface area contributed by atoms with E-state index in [2.05, 4.69) is 54.9 Å². The number of rotatable bonds is 5. The second-order valence-electron chi connectivity index (χ2n) is 4.39. The normalized spacial score (nSPS) is 12.6. The Morgan fingerprint density at radius 3 is 2.78 bits per heavy atom. The van der Waals surface area contributed by atoms with Crippen molar-refractivity contribution < 1.29 is 0 Å². The summed E-state index contributed by atoms with van der Waals surface area (Å²) in [6.07, 6.45) is 1.13. The van der Waals surface area contributed by atoms with Crippen LogP contribution in [0.5, 0.6) is 0 Å². The third-order valence-electron chi connectivity index (χ3n) is 2.97. The molecule has 0 aliphatic rings. The van der Waals surface area contributed by atoms with Crippen LogP contribution in [-0.4, -0.2) is 6.54 Å². The number of hydrogen-bond donors (Lipinski definition) is 1. The van der Waals surface area contributed by atoms with Crippen molar-refractivity contribution in [2.24, 2.45) is 0 Å². The van der Waals surface area contributed by atoms with Crippen LogP contribution in [0.2, 0.25) is 5.02 Å². The van der Waals surface area contributed by atoms with Gasteiger partial charge in [0.05, 0.1) is 0 Å². The Kier molecular flexibility index (Phi) is 4.81. The fourth-order valence-corrected chi connectivity index (χ4v) is 3.01. The van der Waals surface area contributed by atoms with E-state index in [-0.39, 0.29) is 0 Å². The largest absolute Gasteiger partial charge is 0.310 e. The van der Waals surface area contributed by atoms with Crippen molar-refractivity contribution >= 4 is 22.9 Å². The molecule has 0 bridgehead atoms. The smallest absolute Gasteiger partial charge is 0.0460 e. The van der Waals surface area contributed by atoms with E-state index in [0.717, 1.165) is 18.0 Å². The summed E-state index contributed by atoms with van der Waals surface area (Å²) in [6.45, 7) is 5.34. The first-order chi connectivity index (χ1) is 8.72. The Bertz CT molecular complexity index is 493. The first-order valence-electron chi connectivity index (χ1n) is 6.29. The van der Waals surface area contributed by atoms with Crippen LogP contribution in [0.25, 0.3) is 10.4 Å². The van der Waals surface area contributed by atoms with Gasteiger partial charge in [-0.3, -0.25) is 0 Å². The molecule has 0 saturated heterocycles. The molecule has 1 aromatic carbocycles. The van der Waals surface area contributed by atoms with Crippen molar-refractivity contribution in [1.29, 1.82) is 0 Å². The van der Waals surface area contributed by atoms with E-state index in [0.29, 0.717) is 6.04 Å². The van der Waals surface area contributed by atoms with Crippen molar-refractivity contribution in [1.82, 2.24) is 5.32 Å². The maximum absolute atomic E-state index is 6.38. The topological polar surface area (TPSA) is 12.0 Å². The average molecular weight is 280 g/mol. The van der Waals surface area contributed by atoms with Crippen LogP contribution in [0, 0.1) is 0 Å². The summed E-state index contributed by atoms with van der Waals surface area (Å²) in [5.41, 5.74) is 2.37. The Balaban J connectivity index is 2.20. The Morgan fingerprint density at radius 1 is 1.33 bits per heavy atom. The minimum absolute atomic E-state index is 0.301. The van der Waals surface area contributed by atoms with Gasteiger partial charge in [-0.05, 0) is 48.5 Å². The van der Waals surface area contributed by atoms with E-state index in [1.165, 1.54) is 16.0 Å². The molecule has 0 aliphatic carbocycles. The Hall–Kier alpha value is -0.830. The molecular formula is C15H18ClNS. The number of nitrogens with one attached hydrogen (secondary N) is 1. The zero-order chi connectivity index (χ0) is 13.0. The molecule has 96 valence electrons. The van der Waals surface area contributed by atoms with Gasteiger partial charge in [-0.1, -0.05) is 36.7 Å². The number of halogens is 1. The van der Waals surface area contributed by atoms with Gasteiger partial charge in [0.1, 0.15) is 0 Å². The molecule has 1 aromatic heterocycles. The minimum atomic E-state index is 0.301. The summed E-state index contributed by atoms with van der Waals surface area (Å²) in [6, 6.07) is 10.8. The maximum Gasteiger partial charge on any atom is 0.0460 e. The van der Waals surface area contributed by atoms with Gasteiger partial charge >= 0.3 is 0 Å². The van der Waals surface area contributed by atoms with E-state index in [1.54, 1.807) is 11.3 Å². The highest BCUT2D eigenvalue weighted by molar-refractivity contribution is 7.13. The number of hydrogen-bond acceptors (Lipinski definition) is 2. The first kappa shape index (κ1) is 13.6. The summed E-state index contributed by atoms with van der Waals surface area (Å²) in [5.74, 6) is 0. The molecule has 0 saturated carbocycles. The molecule has 0 amide bonds. The van der Waals surface area contributed by atoms with E-state index < -0.39 is 0 Å². The maximum atomic E-state index is 6.38. The van der Waals surface area contributed by atoms with Crippen LogP contribution >= 0.6 is 22.9 Å². The molecule has 0 fully saturated rings. The van der Waals surface area contributed by atoms with Crippen molar-refractivity contribution in [3.05, 3.63) is 46.3 Å². The molecule has 1 N–H and O–H groups in total. The van der Waals surface area contributed by atoms with E-state index in [4.69, 9.17) is 11.6 Å². The molecular weight excluding hydrogens is 262 g/mol. The molecule has 1 heterocycles. The second-order valence-corrected chi connectivity index (χ2v) is 5.74. The summed E-state index contributed by atoms with van der Waals surface area (Å²) in [4.78, 5) is 1.26. The lowest BCUT2D eigenvalue weighted by molar-refractivity contribution is 0.571. The SMILES string of the molecule is CCCNC(C)c1ccc(-c2cccs2)cc1Cl. The van der Waals surface area contributed by atoms with E-state index in [9.17, 15) is 0 Å². The van der Waals surface area contributed by atoms with Gasteiger partial charge in [-0.15, -0.1) is 11.3 Å². The highest BCUT2D eigenvalue weighted by Crippen LogP contribution is 2.31. The van der Waals surface area contributed by atoms with Crippen molar-refractivity contribution in [3.63, 3.8) is 0 Å². The van der Waals surface area contributed by atoms with E-state index >= 15 is 0 Å². The standard InChI is InChI=1S/C15H18ClNS/c1-3-8-17-11(2)13-7-6-12(10-14(13)16)15-5-4-9-18-15/h4-7,9-11,17H,3,8H2,1-2H3. The molecule has 18 heavy (non-hydrogen) atoms. The lowest BCUT2D eigenvalue weighted by atomic mass is 10.0. The highest BCUT2D eigenvalue weighted by atomic mass is 35.5. The fraction of sp³-hybridized carbons (Fsp3) is 0.333. The van der Waals surface area contributed by atoms with Crippen LogP contribution in [0.1, 0.15) is 31.9 Å². The highest BCUT2D eigenvalue weighted by Gasteiger charge is 2.10. The quantitative estimate of drug-likeness (QED) is 0.800. The van der Waals surface area contributed by atoms with Crippen LogP contribution in [0.3, 0.4) is 0 Å². The van der Waals surface area contributed by atoms with Gasteiger partial charge in [-0.2, -0.15) is 0 Å². The van der Waals surface area contributed by atoms with Crippen LogP contribution in [0.15, 0.2) is 35.7 Å². The van der Waals surface area contributed by atoms with E-state index in [1.807, 2.05) is 0 Å². The van der Waals surface area contributed by atoms with Crippen molar-refractivity contribution in [2.75, 3.05) is 6.54 Å². The third-order valence-corrected chi connectivity index (χ3v) is 4.22. The second kappa shape index (κ2) is 6.37. The zero-order valence-electron chi connectivity index (χ0n) is 10.7. The Morgan fingerprint density at radius 2 is 2.17 bits per heavy atom. The number of thiophene rings is 1. The van der Waals surface area contributed by atoms with Crippen LogP contribution < -0.4 is 5.32 Å². The summed E-state index contributed by atoms with van der Waals surface area (Å²) in [7, 11) is 0. The van der Waals surface area contributed by atoms with Gasteiger partial charge in [0, 0.05) is 15.9 Å². The number of benzene rings is 1. The third kappa shape index (κ3) is 3.14. The summed E-state index contributed by atoms with van der Waals surface area (Å²) >= 11 is 8.12. The predicted octanol–water partition coefficient (Wildman–Crippen LogP) is 5.13.